The third-order valence-electron chi connectivity index (χ3n) is 3.38. The Morgan fingerprint density at radius 2 is 1.82 bits per heavy atom. The molecule has 0 bridgehead atoms. The predicted octanol–water partition coefficient (Wildman–Crippen LogP) is 1.13. The number of nitrogens with one attached hydrogen (secondary N) is 2. The molecule has 7 heteroatoms. The molecule has 0 heterocycles. The van der Waals surface area contributed by atoms with Gasteiger partial charge < -0.3 is 10.6 Å². The van der Waals surface area contributed by atoms with Crippen LogP contribution in [0.15, 0.2) is 30.3 Å². The fourth-order valence-electron chi connectivity index (χ4n) is 1.80. The normalized spacial score (nSPS) is 13.2. The number of nitrogens with zero attached hydrogens (tertiary/aromatic N) is 1. The molecule has 0 radical (unpaired) electrons. The van der Waals surface area contributed by atoms with Gasteiger partial charge in [-0.25, -0.2) is 8.42 Å². The second-order valence-corrected chi connectivity index (χ2v) is 7.77. The lowest BCUT2D eigenvalue weighted by atomic mass is 10.0. The first kappa shape index (κ1) is 18.4. The lowest BCUT2D eigenvalue weighted by molar-refractivity contribution is -0.121. The largest absolute Gasteiger partial charge is 0.380 e. The van der Waals surface area contributed by atoms with Crippen molar-refractivity contribution in [1.29, 1.82) is 0 Å². The van der Waals surface area contributed by atoms with E-state index in [4.69, 9.17) is 0 Å². The maximum absolute atomic E-state index is 11.8. The molecule has 0 fully saturated rings. The Morgan fingerprint density at radius 1 is 1.23 bits per heavy atom. The van der Waals surface area contributed by atoms with Crippen LogP contribution in [0.5, 0.6) is 0 Å². The van der Waals surface area contributed by atoms with E-state index in [0.29, 0.717) is 12.5 Å². The van der Waals surface area contributed by atoms with Crippen molar-refractivity contribution in [3.05, 3.63) is 30.3 Å². The Hall–Kier alpha value is -1.60. The van der Waals surface area contributed by atoms with Gasteiger partial charge in [0.15, 0.2) is 0 Å². The number of sulfonamides is 1. The van der Waals surface area contributed by atoms with Crippen LogP contribution in [0.2, 0.25) is 0 Å². The van der Waals surface area contributed by atoms with Gasteiger partial charge in [0.2, 0.25) is 15.9 Å². The van der Waals surface area contributed by atoms with Gasteiger partial charge in [-0.05, 0) is 18.1 Å². The van der Waals surface area contributed by atoms with Crippen molar-refractivity contribution in [1.82, 2.24) is 9.62 Å². The summed E-state index contributed by atoms with van der Waals surface area (Å²) in [5, 5.41) is 6.15. The fraction of sp³-hybridized carbons (Fsp3) is 0.533. The molecule has 0 aliphatic carbocycles. The van der Waals surface area contributed by atoms with Gasteiger partial charge in [-0.15, -0.1) is 0 Å². The Balaban J connectivity index is 2.53. The smallest absolute Gasteiger partial charge is 0.235 e. The standard InChI is InChI=1S/C15H25N3O3S/c1-12(2)14(17-13-8-6-5-7-9-13)10-16-15(19)11-18(3)22(4,20)21/h5-9,12,14,17H,10-11H2,1-4H3,(H,16,19)/t14-/m1/s1. The monoisotopic (exact) mass is 327 g/mol. The van der Waals surface area contributed by atoms with Crippen LogP contribution in [0.25, 0.3) is 0 Å². The third-order valence-corrected chi connectivity index (χ3v) is 4.64. The van der Waals surface area contributed by atoms with Crippen LogP contribution in [0.4, 0.5) is 5.69 Å². The number of hydrogen-bond donors (Lipinski definition) is 2. The molecule has 0 spiro atoms. The Labute approximate surface area is 132 Å². The van der Waals surface area contributed by atoms with Gasteiger partial charge in [0.05, 0.1) is 12.8 Å². The van der Waals surface area contributed by atoms with Crippen molar-refractivity contribution in [2.45, 2.75) is 19.9 Å². The lowest BCUT2D eigenvalue weighted by Crippen LogP contribution is -2.43. The van der Waals surface area contributed by atoms with Crippen molar-refractivity contribution in [2.24, 2.45) is 5.92 Å². The average Bonchev–Trinajstić information content (AvgIpc) is 2.43. The van der Waals surface area contributed by atoms with Crippen molar-refractivity contribution >= 4 is 21.6 Å². The van der Waals surface area contributed by atoms with E-state index in [2.05, 4.69) is 24.5 Å². The van der Waals surface area contributed by atoms with Gasteiger partial charge in [0.25, 0.3) is 0 Å². The summed E-state index contributed by atoms with van der Waals surface area (Å²) < 4.78 is 23.6. The summed E-state index contributed by atoms with van der Waals surface area (Å²) in [5.74, 6) is 0.00146. The van der Waals surface area contributed by atoms with Crippen molar-refractivity contribution in [3.8, 4) is 0 Å². The van der Waals surface area contributed by atoms with E-state index in [1.54, 1.807) is 0 Å². The molecule has 22 heavy (non-hydrogen) atoms. The molecule has 0 saturated carbocycles. The molecule has 1 atom stereocenters. The molecule has 1 rings (SSSR count). The quantitative estimate of drug-likeness (QED) is 0.750. The van der Waals surface area contributed by atoms with E-state index in [-0.39, 0.29) is 18.5 Å². The number of amides is 1. The van der Waals surface area contributed by atoms with Crippen LogP contribution in [-0.2, 0) is 14.8 Å². The first-order valence-electron chi connectivity index (χ1n) is 7.19. The second kappa shape index (κ2) is 8.14. The summed E-state index contributed by atoms with van der Waals surface area (Å²) in [7, 11) is -1.96. The molecule has 0 unspecified atom stereocenters. The van der Waals surface area contributed by atoms with Crippen LogP contribution >= 0.6 is 0 Å². The van der Waals surface area contributed by atoms with E-state index in [9.17, 15) is 13.2 Å². The van der Waals surface area contributed by atoms with Crippen molar-refractivity contribution in [3.63, 3.8) is 0 Å². The second-order valence-electron chi connectivity index (χ2n) is 5.68. The van der Waals surface area contributed by atoms with Crippen molar-refractivity contribution < 1.29 is 13.2 Å². The molecule has 2 N–H and O–H groups in total. The lowest BCUT2D eigenvalue weighted by Gasteiger charge is -2.24. The molecule has 0 saturated heterocycles. The number of carbonyl (C=O) groups excluding carboxylic acids is 1. The topological polar surface area (TPSA) is 78.5 Å². The first-order valence-corrected chi connectivity index (χ1v) is 9.04. The zero-order chi connectivity index (χ0) is 16.8. The van der Waals surface area contributed by atoms with Gasteiger partial charge in [0.1, 0.15) is 0 Å². The third kappa shape index (κ3) is 6.44. The van der Waals surface area contributed by atoms with E-state index >= 15 is 0 Å². The molecule has 1 aromatic rings. The van der Waals surface area contributed by atoms with Crippen LogP contribution < -0.4 is 10.6 Å². The average molecular weight is 327 g/mol. The number of hydrogen-bond acceptors (Lipinski definition) is 4. The van der Waals surface area contributed by atoms with Crippen LogP contribution in [-0.4, -0.2) is 51.1 Å². The highest BCUT2D eigenvalue weighted by Crippen LogP contribution is 2.11. The maximum atomic E-state index is 11.8. The molecule has 1 amide bonds. The summed E-state index contributed by atoms with van der Waals surface area (Å²) in [5.41, 5.74) is 0.990. The Bertz CT molecular complexity index is 573. The highest BCUT2D eigenvalue weighted by atomic mass is 32.2. The molecule has 0 aliphatic heterocycles. The Kier molecular flexibility index (Phi) is 6.83. The molecular weight excluding hydrogens is 302 g/mol. The minimum absolute atomic E-state index is 0.0647. The summed E-state index contributed by atoms with van der Waals surface area (Å²) in [6.07, 6.45) is 1.08. The maximum Gasteiger partial charge on any atom is 0.235 e. The summed E-state index contributed by atoms with van der Waals surface area (Å²) in [6.45, 7) is 4.39. The van der Waals surface area contributed by atoms with E-state index in [1.165, 1.54) is 7.05 Å². The highest BCUT2D eigenvalue weighted by molar-refractivity contribution is 7.88. The molecule has 6 nitrogen and oxygen atoms in total. The van der Waals surface area contributed by atoms with Crippen LogP contribution in [0.3, 0.4) is 0 Å². The first-order chi connectivity index (χ1) is 10.2. The highest BCUT2D eigenvalue weighted by Gasteiger charge is 2.18. The number of para-hydroxylation sites is 1. The SMILES string of the molecule is CC(C)[C@@H](CNC(=O)CN(C)S(C)(=O)=O)Nc1ccccc1. The van der Waals surface area contributed by atoms with Crippen LogP contribution in [0.1, 0.15) is 13.8 Å². The van der Waals surface area contributed by atoms with E-state index in [1.807, 2.05) is 30.3 Å². The summed E-state index contributed by atoms with van der Waals surface area (Å²) in [4.78, 5) is 11.8. The molecule has 124 valence electrons. The van der Waals surface area contributed by atoms with Gasteiger partial charge in [0, 0.05) is 25.3 Å². The van der Waals surface area contributed by atoms with Crippen molar-refractivity contribution in [2.75, 3.05) is 31.7 Å². The molecule has 0 aromatic heterocycles. The molecular formula is C15H25N3O3S. The molecule has 0 aliphatic rings. The molecule has 1 aromatic carbocycles. The number of anilines is 1. The number of likely N-dealkylation sites (N-methyl/N-ethyl adjacent to an activating group) is 1. The Morgan fingerprint density at radius 3 is 2.32 bits per heavy atom. The minimum Gasteiger partial charge on any atom is -0.380 e. The zero-order valence-corrected chi connectivity index (χ0v) is 14.4. The predicted molar refractivity (Wildman–Crippen MR) is 89.2 cm³/mol. The number of rotatable bonds is 8. The summed E-state index contributed by atoms with van der Waals surface area (Å²) in [6, 6.07) is 9.83. The van der Waals surface area contributed by atoms with Gasteiger partial charge in [-0.3, -0.25) is 4.79 Å². The van der Waals surface area contributed by atoms with Gasteiger partial charge in [-0.1, -0.05) is 32.0 Å². The fourth-order valence-corrected chi connectivity index (χ4v) is 2.15. The number of carbonyl (C=O) groups is 1. The van der Waals surface area contributed by atoms with Gasteiger partial charge in [-0.2, -0.15) is 4.31 Å². The number of benzene rings is 1. The zero-order valence-electron chi connectivity index (χ0n) is 13.5. The summed E-state index contributed by atoms with van der Waals surface area (Å²) >= 11 is 0. The van der Waals surface area contributed by atoms with Crippen LogP contribution in [0, 0.1) is 5.92 Å². The van der Waals surface area contributed by atoms with Gasteiger partial charge >= 0.3 is 0 Å². The minimum atomic E-state index is -3.34. The van der Waals surface area contributed by atoms with E-state index < -0.39 is 10.0 Å². The van der Waals surface area contributed by atoms with E-state index in [0.717, 1.165) is 16.2 Å².